The van der Waals surface area contributed by atoms with Gasteiger partial charge in [0.05, 0.1) is 42.0 Å². The van der Waals surface area contributed by atoms with Crippen molar-refractivity contribution < 1.29 is 44.2 Å². The summed E-state index contributed by atoms with van der Waals surface area (Å²) >= 11 is 0. The first kappa shape index (κ1) is 30.7. The number of carbonyl (C=O) groups excluding carboxylic acids is 1. The van der Waals surface area contributed by atoms with Gasteiger partial charge in [0.25, 0.3) is 0 Å². The van der Waals surface area contributed by atoms with E-state index in [9.17, 15) is 25.2 Å². The molecular weight excluding hydrogens is 482 g/mol. The second-order valence-corrected chi connectivity index (χ2v) is 12.3. The van der Waals surface area contributed by atoms with E-state index in [1.54, 1.807) is 20.8 Å². The maximum Gasteiger partial charge on any atom is 0.311 e. The van der Waals surface area contributed by atoms with Crippen LogP contribution in [0, 0.1) is 23.7 Å². The molecule has 3 heterocycles. The minimum absolute atomic E-state index is 0.0264. The number of hydrogen-bond acceptors (Lipinski definition) is 10. The highest BCUT2D eigenvalue weighted by Gasteiger charge is 2.57. The Kier molecular flexibility index (Phi) is 9.40. The van der Waals surface area contributed by atoms with Crippen LogP contribution in [0.2, 0.25) is 0 Å². The van der Waals surface area contributed by atoms with Gasteiger partial charge in [-0.15, -0.1) is 0 Å². The maximum absolute atomic E-state index is 13.3. The van der Waals surface area contributed by atoms with Crippen LogP contribution in [-0.2, 0) is 23.7 Å². The number of aliphatic hydroxyl groups excluding tert-OH is 3. The lowest BCUT2D eigenvalue weighted by molar-refractivity contribution is -0.294. The van der Waals surface area contributed by atoms with Gasteiger partial charge in [-0.05, 0) is 52.9 Å². The zero-order valence-electron chi connectivity index (χ0n) is 23.5. The highest BCUT2D eigenvalue weighted by Crippen LogP contribution is 2.47. The second-order valence-electron chi connectivity index (χ2n) is 12.3. The summed E-state index contributed by atoms with van der Waals surface area (Å²) < 4.78 is 24.9. The molecule has 3 saturated heterocycles. The molecule has 3 fully saturated rings. The highest BCUT2D eigenvalue weighted by molar-refractivity contribution is 5.73. The van der Waals surface area contributed by atoms with Crippen molar-refractivity contribution in [3.05, 3.63) is 0 Å². The van der Waals surface area contributed by atoms with Crippen LogP contribution in [0.25, 0.3) is 0 Å². The first-order valence-corrected chi connectivity index (χ1v) is 13.8. The van der Waals surface area contributed by atoms with Gasteiger partial charge in [-0.25, -0.2) is 0 Å². The fraction of sp³-hybridized carbons (Fsp3) is 0.963. The fourth-order valence-electron chi connectivity index (χ4n) is 6.75. The lowest BCUT2D eigenvalue weighted by Gasteiger charge is -2.45. The van der Waals surface area contributed by atoms with E-state index >= 15 is 0 Å². The SMILES string of the molecule is CC[C@@H](O)[C@@](C)(O)[C@@H]1OC(=O)[C@H](C)[C@@H](O)[C@H](C)[C@@H](O[C@@H]2OC(C)CC(N)C2O)[C@]2(C)CC(C)C(O2)[C@@H]1C. The van der Waals surface area contributed by atoms with Gasteiger partial charge in [0, 0.05) is 17.9 Å². The molecule has 5 unspecified atom stereocenters. The summed E-state index contributed by atoms with van der Waals surface area (Å²) in [6.45, 7) is 14.2. The quantitative estimate of drug-likeness (QED) is 0.325. The number of aliphatic hydroxyl groups is 4. The topological polar surface area (TPSA) is 161 Å². The molecule has 216 valence electrons. The minimum Gasteiger partial charge on any atom is -0.459 e. The Morgan fingerprint density at radius 1 is 1.16 bits per heavy atom. The molecule has 3 aliphatic heterocycles. The van der Waals surface area contributed by atoms with E-state index in [0.29, 0.717) is 12.8 Å². The molecule has 0 radical (unpaired) electrons. The van der Waals surface area contributed by atoms with E-state index in [1.807, 2.05) is 27.7 Å². The van der Waals surface area contributed by atoms with Gasteiger partial charge in [-0.3, -0.25) is 4.79 Å². The van der Waals surface area contributed by atoms with E-state index in [2.05, 4.69) is 0 Å². The Hall–Kier alpha value is -0.850. The van der Waals surface area contributed by atoms with Crippen molar-refractivity contribution in [1.29, 1.82) is 0 Å². The molecule has 6 N–H and O–H groups in total. The molecule has 0 amide bonds. The van der Waals surface area contributed by atoms with Crippen LogP contribution in [0.5, 0.6) is 0 Å². The monoisotopic (exact) mass is 531 g/mol. The molecule has 0 aromatic rings. The van der Waals surface area contributed by atoms with Crippen LogP contribution < -0.4 is 5.73 Å². The second kappa shape index (κ2) is 11.3. The highest BCUT2D eigenvalue weighted by atomic mass is 16.7. The van der Waals surface area contributed by atoms with Crippen LogP contribution in [0.15, 0.2) is 0 Å². The summed E-state index contributed by atoms with van der Waals surface area (Å²) in [5.41, 5.74) is 3.48. The molecule has 0 saturated carbocycles. The summed E-state index contributed by atoms with van der Waals surface area (Å²) in [5, 5.41) is 44.1. The first-order valence-electron chi connectivity index (χ1n) is 13.8. The Morgan fingerprint density at radius 2 is 1.78 bits per heavy atom. The number of fused-ring (bicyclic) bond motifs is 2. The first-order chi connectivity index (χ1) is 17.0. The molecule has 3 aliphatic rings. The van der Waals surface area contributed by atoms with Gasteiger partial charge in [-0.1, -0.05) is 27.7 Å². The van der Waals surface area contributed by atoms with Crippen LogP contribution in [0.4, 0.5) is 0 Å². The molecule has 10 heteroatoms. The van der Waals surface area contributed by atoms with Gasteiger partial charge in [-0.2, -0.15) is 0 Å². The summed E-state index contributed by atoms with van der Waals surface area (Å²) in [4.78, 5) is 13.3. The van der Waals surface area contributed by atoms with Crippen molar-refractivity contribution in [3.63, 3.8) is 0 Å². The summed E-state index contributed by atoms with van der Waals surface area (Å²) in [6.07, 6.45) is -5.59. The molecule has 0 aromatic carbocycles. The summed E-state index contributed by atoms with van der Waals surface area (Å²) in [7, 11) is 0. The van der Waals surface area contributed by atoms with E-state index in [4.69, 9.17) is 24.7 Å². The number of cyclic esters (lactones) is 1. The van der Waals surface area contributed by atoms with Crippen LogP contribution >= 0.6 is 0 Å². The van der Waals surface area contributed by atoms with Crippen molar-refractivity contribution in [3.8, 4) is 0 Å². The predicted octanol–water partition coefficient (Wildman–Crippen LogP) is 1.09. The normalized spacial score (nSPS) is 50.0. The number of nitrogens with two attached hydrogens (primary N) is 1. The lowest BCUT2D eigenvalue weighted by Crippen LogP contribution is -2.58. The third-order valence-corrected chi connectivity index (χ3v) is 9.04. The molecule has 10 nitrogen and oxygen atoms in total. The average molecular weight is 532 g/mol. The van der Waals surface area contributed by atoms with Gasteiger partial charge in [0.15, 0.2) is 6.29 Å². The van der Waals surface area contributed by atoms with Crippen molar-refractivity contribution in [2.75, 3.05) is 0 Å². The van der Waals surface area contributed by atoms with Gasteiger partial charge in [0.1, 0.15) is 17.8 Å². The van der Waals surface area contributed by atoms with Gasteiger partial charge >= 0.3 is 5.97 Å². The van der Waals surface area contributed by atoms with Crippen molar-refractivity contribution in [1.82, 2.24) is 0 Å². The molecule has 0 spiro atoms. The molecule has 15 atom stereocenters. The van der Waals surface area contributed by atoms with Crippen LogP contribution in [0.3, 0.4) is 0 Å². The predicted molar refractivity (Wildman–Crippen MR) is 135 cm³/mol. The maximum atomic E-state index is 13.3. The number of rotatable bonds is 5. The molecule has 3 rings (SSSR count). The zero-order chi connectivity index (χ0) is 28.0. The minimum atomic E-state index is -1.74. The summed E-state index contributed by atoms with van der Waals surface area (Å²) in [6, 6.07) is -0.525. The van der Waals surface area contributed by atoms with E-state index in [-0.39, 0.29) is 18.4 Å². The number of ether oxygens (including phenoxy) is 4. The lowest BCUT2D eigenvalue weighted by atomic mass is 9.76. The molecule has 37 heavy (non-hydrogen) atoms. The third kappa shape index (κ3) is 5.87. The van der Waals surface area contributed by atoms with Crippen molar-refractivity contribution in [2.24, 2.45) is 29.4 Å². The summed E-state index contributed by atoms with van der Waals surface area (Å²) in [5.74, 6) is -2.77. The Balaban J connectivity index is 2.04. The smallest absolute Gasteiger partial charge is 0.311 e. The number of carbonyl (C=O) groups is 1. The Morgan fingerprint density at radius 3 is 2.38 bits per heavy atom. The molecular formula is C27H49NO9. The zero-order valence-corrected chi connectivity index (χ0v) is 23.5. The van der Waals surface area contributed by atoms with Crippen LogP contribution in [0.1, 0.15) is 74.7 Å². The third-order valence-electron chi connectivity index (χ3n) is 9.04. The van der Waals surface area contributed by atoms with Crippen molar-refractivity contribution in [2.45, 2.75) is 141 Å². The Bertz CT molecular complexity index is 796. The van der Waals surface area contributed by atoms with E-state index in [0.717, 1.165) is 0 Å². The fourth-order valence-corrected chi connectivity index (χ4v) is 6.75. The van der Waals surface area contributed by atoms with Crippen LogP contribution in [-0.4, -0.2) is 92.7 Å². The standard InChI is InChI=1S/C27H49NO9/c1-9-18(29)27(8,33)23-16(6)21-12(2)11-26(7,37-21)22(14(4)19(30)15(5)24(32)35-23)36-25-20(31)17(28)10-13(3)34-25/h12-23,25,29-31,33H,9-11,28H2,1-8H3/t12?,13?,14-,15+,16-,17?,18+,19-,20?,21?,22+,23+,25-,26-,27+/m0/s1. The largest absolute Gasteiger partial charge is 0.459 e. The number of hydrogen-bond donors (Lipinski definition) is 5. The van der Waals surface area contributed by atoms with E-state index < -0.39 is 83.9 Å². The molecule has 2 bridgehead atoms. The number of esters is 1. The van der Waals surface area contributed by atoms with Crippen molar-refractivity contribution >= 4 is 5.97 Å². The van der Waals surface area contributed by atoms with Gasteiger partial charge < -0.3 is 45.1 Å². The molecule has 0 aliphatic carbocycles. The average Bonchev–Trinajstić information content (AvgIpc) is 3.14. The van der Waals surface area contributed by atoms with E-state index in [1.165, 1.54) is 6.92 Å². The van der Waals surface area contributed by atoms with Gasteiger partial charge in [0.2, 0.25) is 0 Å². The Labute approximate surface area is 220 Å². The molecule has 0 aromatic heterocycles.